The van der Waals surface area contributed by atoms with E-state index in [4.69, 9.17) is 9.47 Å². The van der Waals surface area contributed by atoms with Crippen molar-refractivity contribution in [3.63, 3.8) is 0 Å². The minimum Gasteiger partial charge on any atom is -0.508 e. The molecule has 0 aliphatic rings. The topological polar surface area (TPSA) is 117 Å². The van der Waals surface area contributed by atoms with Crippen LogP contribution in [0.25, 0.3) is 0 Å². The number of unbranched alkanes of at least 4 members (excludes halogenated alkanes) is 2. The molecule has 9 nitrogen and oxygen atoms in total. The summed E-state index contributed by atoms with van der Waals surface area (Å²) in [6.45, 7) is 7.60. The second-order valence-electron chi connectivity index (χ2n) is 10.4. The minimum absolute atomic E-state index is 0.0217. The molecule has 0 aliphatic carbocycles. The van der Waals surface area contributed by atoms with Crippen molar-refractivity contribution >= 4 is 35.4 Å². The van der Waals surface area contributed by atoms with Crippen LogP contribution in [0, 0.1) is 0 Å². The SMILES string of the molecule is CCCCCN(C(=O)C(CCSC)NC(=O)OC(C)(C)C)C(C(=O)Nc1ccc(OC)cc1)c1cccc(O)c1. The van der Waals surface area contributed by atoms with Crippen LogP contribution in [0.3, 0.4) is 0 Å². The number of phenols is 1. The number of alkyl carbamates (subject to hydrolysis) is 1. The normalized spacial score (nSPS) is 12.7. The Morgan fingerprint density at radius 2 is 1.77 bits per heavy atom. The molecule has 2 aromatic rings. The van der Waals surface area contributed by atoms with Gasteiger partial charge in [0.15, 0.2) is 0 Å². The van der Waals surface area contributed by atoms with Crippen LogP contribution >= 0.6 is 11.8 Å². The molecule has 0 aromatic heterocycles. The molecule has 10 heteroatoms. The van der Waals surface area contributed by atoms with E-state index in [1.54, 1.807) is 76.0 Å². The summed E-state index contributed by atoms with van der Waals surface area (Å²) in [5.74, 6) is 0.398. The maximum absolute atomic E-state index is 14.2. The standard InChI is InChI=1S/C30H43N3O6S/c1-7-8-9-18-33(28(36)25(17-19-40-6)32-29(37)39-30(2,3)4)26(21-11-10-12-23(34)20-21)27(35)31-22-13-15-24(38-5)16-14-22/h10-16,20,25-26,34H,7-9,17-19H2,1-6H3,(H,31,35)(H,32,37). The highest BCUT2D eigenvalue weighted by molar-refractivity contribution is 7.98. The highest BCUT2D eigenvalue weighted by Gasteiger charge is 2.36. The molecule has 0 bridgehead atoms. The molecular formula is C30H43N3O6S. The number of hydrogen-bond acceptors (Lipinski definition) is 7. The summed E-state index contributed by atoms with van der Waals surface area (Å²) in [6, 6.07) is 11.3. The third-order valence-corrected chi connectivity index (χ3v) is 6.63. The average molecular weight is 574 g/mol. The number of methoxy groups -OCH3 is 1. The Hall–Kier alpha value is -3.40. The van der Waals surface area contributed by atoms with Gasteiger partial charge in [-0.1, -0.05) is 31.9 Å². The van der Waals surface area contributed by atoms with Crippen molar-refractivity contribution in [2.75, 3.05) is 31.0 Å². The van der Waals surface area contributed by atoms with Crippen LogP contribution in [0.4, 0.5) is 10.5 Å². The lowest BCUT2D eigenvalue weighted by molar-refractivity contribution is -0.141. The molecule has 3 amide bonds. The molecule has 0 heterocycles. The summed E-state index contributed by atoms with van der Waals surface area (Å²) < 4.78 is 10.6. The van der Waals surface area contributed by atoms with E-state index in [0.29, 0.717) is 35.6 Å². The van der Waals surface area contributed by atoms with Crippen molar-refractivity contribution in [1.82, 2.24) is 10.2 Å². The zero-order valence-electron chi connectivity index (χ0n) is 24.4. The van der Waals surface area contributed by atoms with Crippen molar-refractivity contribution < 1.29 is 29.0 Å². The lowest BCUT2D eigenvalue weighted by Gasteiger charge is -2.34. The number of aromatic hydroxyl groups is 1. The number of amides is 3. The van der Waals surface area contributed by atoms with E-state index < -0.39 is 35.6 Å². The van der Waals surface area contributed by atoms with Gasteiger partial charge in [0.1, 0.15) is 29.2 Å². The molecule has 2 rings (SSSR count). The summed E-state index contributed by atoms with van der Waals surface area (Å²) in [5, 5.41) is 15.9. The van der Waals surface area contributed by atoms with Gasteiger partial charge in [0.25, 0.3) is 5.91 Å². The van der Waals surface area contributed by atoms with Gasteiger partial charge in [-0.15, -0.1) is 0 Å². The van der Waals surface area contributed by atoms with E-state index in [-0.39, 0.29) is 12.3 Å². The molecule has 0 saturated heterocycles. The zero-order valence-corrected chi connectivity index (χ0v) is 25.2. The number of anilines is 1. The number of phenolic OH excluding ortho intramolecular Hbond substituents is 1. The average Bonchev–Trinajstić information content (AvgIpc) is 2.89. The van der Waals surface area contributed by atoms with Gasteiger partial charge in [-0.05, 0) is 87.6 Å². The summed E-state index contributed by atoms with van der Waals surface area (Å²) in [7, 11) is 1.56. The number of benzene rings is 2. The number of ether oxygens (including phenoxy) is 2. The lowest BCUT2D eigenvalue weighted by Crippen LogP contribution is -2.52. The predicted molar refractivity (Wildman–Crippen MR) is 160 cm³/mol. The molecule has 40 heavy (non-hydrogen) atoms. The summed E-state index contributed by atoms with van der Waals surface area (Å²) in [4.78, 5) is 42.2. The first-order chi connectivity index (χ1) is 19.0. The number of thioether (sulfide) groups is 1. The Labute approximate surface area is 242 Å². The van der Waals surface area contributed by atoms with E-state index in [2.05, 4.69) is 17.6 Å². The Bertz CT molecular complexity index is 1100. The first-order valence-corrected chi connectivity index (χ1v) is 14.9. The largest absolute Gasteiger partial charge is 0.508 e. The molecule has 0 saturated carbocycles. The van der Waals surface area contributed by atoms with Gasteiger partial charge < -0.3 is 30.1 Å². The van der Waals surface area contributed by atoms with Crippen molar-refractivity contribution in [2.45, 2.75) is 71.1 Å². The van der Waals surface area contributed by atoms with Crippen LogP contribution in [-0.4, -0.2) is 65.2 Å². The van der Waals surface area contributed by atoms with Gasteiger partial charge in [0.2, 0.25) is 5.91 Å². The van der Waals surface area contributed by atoms with E-state index in [1.165, 1.54) is 17.0 Å². The van der Waals surface area contributed by atoms with Crippen LogP contribution in [0.5, 0.6) is 11.5 Å². The number of nitrogens with zero attached hydrogens (tertiary/aromatic N) is 1. The van der Waals surface area contributed by atoms with Crippen molar-refractivity contribution in [2.24, 2.45) is 0 Å². The molecule has 0 spiro atoms. The van der Waals surface area contributed by atoms with Crippen molar-refractivity contribution in [3.05, 3.63) is 54.1 Å². The maximum atomic E-state index is 14.2. The Kier molecular flexibility index (Phi) is 13.1. The Morgan fingerprint density at radius 1 is 1.07 bits per heavy atom. The van der Waals surface area contributed by atoms with Crippen LogP contribution in [-0.2, 0) is 14.3 Å². The van der Waals surface area contributed by atoms with Gasteiger partial charge in [-0.25, -0.2) is 4.79 Å². The Balaban J connectivity index is 2.50. The molecule has 3 N–H and O–H groups in total. The summed E-state index contributed by atoms with van der Waals surface area (Å²) in [5.41, 5.74) is 0.250. The molecule has 2 atom stereocenters. The molecule has 0 radical (unpaired) electrons. The fourth-order valence-corrected chi connectivity index (χ4v) is 4.57. The summed E-state index contributed by atoms with van der Waals surface area (Å²) in [6.07, 6.45) is 4.02. The third-order valence-electron chi connectivity index (χ3n) is 5.99. The number of carbonyl (C=O) groups is 3. The van der Waals surface area contributed by atoms with E-state index in [9.17, 15) is 19.5 Å². The van der Waals surface area contributed by atoms with Crippen LogP contribution in [0.15, 0.2) is 48.5 Å². The molecule has 0 aliphatic heterocycles. The lowest BCUT2D eigenvalue weighted by atomic mass is 10.0. The molecular weight excluding hydrogens is 530 g/mol. The van der Waals surface area contributed by atoms with Gasteiger partial charge >= 0.3 is 6.09 Å². The van der Waals surface area contributed by atoms with Crippen LogP contribution in [0.1, 0.15) is 65.0 Å². The van der Waals surface area contributed by atoms with Crippen LogP contribution in [0.2, 0.25) is 0 Å². The molecule has 2 unspecified atom stereocenters. The third kappa shape index (κ3) is 10.6. The minimum atomic E-state index is -1.06. The second-order valence-corrected chi connectivity index (χ2v) is 11.4. The zero-order chi connectivity index (χ0) is 29.7. The number of hydrogen-bond donors (Lipinski definition) is 3. The smallest absolute Gasteiger partial charge is 0.408 e. The monoisotopic (exact) mass is 573 g/mol. The van der Waals surface area contributed by atoms with Crippen molar-refractivity contribution in [1.29, 1.82) is 0 Å². The van der Waals surface area contributed by atoms with Gasteiger partial charge in [-0.2, -0.15) is 11.8 Å². The number of rotatable bonds is 14. The maximum Gasteiger partial charge on any atom is 0.408 e. The summed E-state index contributed by atoms with van der Waals surface area (Å²) >= 11 is 1.55. The van der Waals surface area contributed by atoms with E-state index in [0.717, 1.165) is 12.8 Å². The van der Waals surface area contributed by atoms with Gasteiger partial charge in [0.05, 0.1) is 7.11 Å². The highest BCUT2D eigenvalue weighted by Crippen LogP contribution is 2.28. The number of carbonyl (C=O) groups excluding carboxylic acids is 3. The quantitative estimate of drug-likeness (QED) is 0.247. The van der Waals surface area contributed by atoms with Crippen LogP contribution < -0.4 is 15.4 Å². The van der Waals surface area contributed by atoms with Gasteiger partial charge in [-0.3, -0.25) is 9.59 Å². The Morgan fingerprint density at radius 3 is 2.35 bits per heavy atom. The number of nitrogens with one attached hydrogen (secondary N) is 2. The van der Waals surface area contributed by atoms with E-state index >= 15 is 0 Å². The molecule has 2 aromatic carbocycles. The van der Waals surface area contributed by atoms with Crippen molar-refractivity contribution in [3.8, 4) is 11.5 Å². The fourth-order valence-electron chi connectivity index (χ4n) is 4.09. The second kappa shape index (κ2) is 16.0. The molecule has 0 fully saturated rings. The first kappa shape index (κ1) is 32.8. The fraction of sp³-hybridized carbons (Fsp3) is 0.500. The van der Waals surface area contributed by atoms with E-state index in [1.807, 2.05) is 6.26 Å². The highest BCUT2D eigenvalue weighted by atomic mass is 32.2. The molecule has 220 valence electrons. The van der Waals surface area contributed by atoms with Gasteiger partial charge in [0, 0.05) is 12.2 Å². The predicted octanol–water partition coefficient (Wildman–Crippen LogP) is 5.75. The first-order valence-electron chi connectivity index (χ1n) is 13.5.